The van der Waals surface area contributed by atoms with E-state index in [0.29, 0.717) is 21.7 Å². The predicted octanol–water partition coefficient (Wildman–Crippen LogP) is 2.09. The maximum absolute atomic E-state index is 12.2. The van der Waals surface area contributed by atoms with Crippen LogP contribution in [0.5, 0.6) is 0 Å². The van der Waals surface area contributed by atoms with Crippen LogP contribution in [0.3, 0.4) is 0 Å². The van der Waals surface area contributed by atoms with E-state index in [4.69, 9.17) is 11.6 Å². The molecule has 0 amide bonds. The standard InChI is InChI=1S/C13H11ClN4O2S/c14-13-4-1-9-5-11(2-3-12(9)18-13)21(19,20)17-7-10-6-15-8-16-10/h1-6,8,17H,7H2,(H,15,16). The summed E-state index contributed by atoms with van der Waals surface area (Å²) in [6.45, 7) is 0.152. The van der Waals surface area contributed by atoms with Crippen LogP contribution in [-0.4, -0.2) is 23.4 Å². The second kappa shape index (κ2) is 5.44. The summed E-state index contributed by atoms with van der Waals surface area (Å²) in [5, 5.41) is 1.08. The molecule has 0 saturated heterocycles. The van der Waals surface area contributed by atoms with Crippen LogP contribution in [0.25, 0.3) is 10.9 Å². The van der Waals surface area contributed by atoms with Crippen molar-refractivity contribution in [2.45, 2.75) is 11.4 Å². The van der Waals surface area contributed by atoms with Crippen molar-refractivity contribution in [3.8, 4) is 0 Å². The van der Waals surface area contributed by atoms with Gasteiger partial charge < -0.3 is 4.98 Å². The zero-order chi connectivity index (χ0) is 14.9. The molecule has 0 fully saturated rings. The number of nitrogens with one attached hydrogen (secondary N) is 2. The van der Waals surface area contributed by atoms with Gasteiger partial charge in [-0.3, -0.25) is 0 Å². The van der Waals surface area contributed by atoms with Crippen molar-refractivity contribution in [2.75, 3.05) is 0 Å². The second-order valence-electron chi connectivity index (χ2n) is 4.39. The van der Waals surface area contributed by atoms with Gasteiger partial charge in [0, 0.05) is 17.3 Å². The highest BCUT2D eigenvalue weighted by molar-refractivity contribution is 7.89. The molecule has 0 bridgehead atoms. The lowest BCUT2D eigenvalue weighted by Gasteiger charge is -2.07. The molecule has 0 saturated carbocycles. The van der Waals surface area contributed by atoms with E-state index in [-0.39, 0.29) is 11.4 Å². The molecule has 2 N–H and O–H groups in total. The van der Waals surface area contributed by atoms with Gasteiger partial charge in [0.1, 0.15) is 5.15 Å². The Morgan fingerprint density at radius 2 is 2.10 bits per heavy atom. The van der Waals surface area contributed by atoms with Gasteiger partial charge in [0.15, 0.2) is 0 Å². The van der Waals surface area contributed by atoms with E-state index in [1.165, 1.54) is 12.4 Å². The summed E-state index contributed by atoms with van der Waals surface area (Å²) < 4.78 is 27.0. The number of hydrogen-bond acceptors (Lipinski definition) is 4. The second-order valence-corrected chi connectivity index (χ2v) is 6.54. The lowest BCUT2D eigenvalue weighted by atomic mass is 10.2. The quantitative estimate of drug-likeness (QED) is 0.720. The van der Waals surface area contributed by atoms with Crippen molar-refractivity contribution in [1.29, 1.82) is 0 Å². The largest absolute Gasteiger partial charge is 0.347 e. The van der Waals surface area contributed by atoms with Gasteiger partial charge >= 0.3 is 0 Å². The molecule has 3 rings (SSSR count). The summed E-state index contributed by atoms with van der Waals surface area (Å²) in [5.41, 5.74) is 1.34. The first-order chi connectivity index (χ1) is 10.0. The average Bonchev–Trinajstić information content (AvgIpc) is 2.98. The first kappa shape index (κ1) is 14.0. The number of nitrogens with zero attached hydrogens (tertiary/aromatic N) is 2. The van der Waals surface area contributed by atoms with Gasteiger partial charge in [-0.1, -0.05) is 11.6 Å². The molecule has 6 nitrogen and oxygen atoms in total. The van der Waals surface area contributed by atoms with E-state index in [0.717, 1.165) is 0 Å². The average molecular weight is 323 g/mol. The molecule has 0 spiro atoms. The van der Waals surface area contributed by atoms with Gasteiger partial charge in [0.2, 0.25) is 10.0 Å². The zero-order valence-electron chi connectivity index (χ0n) is 10.7. The Balaban J connectivity index is 1.89. The van der Waals surface area contributed by atoms with Gasteiger partial charge in [-0.15, -0.1) is 0 Å². The van der Waals surface area contributed by atoms with Gasteiger partial charge in [-0.2, -0.15) is 0 Å². The number of aromatic amines is 1. The van der Waals surface area contributed by atoms with Gasteiger partial charge in [0.05, 0.1) is 23.3 Å². The minimum absolute atomic E-state index is 0.152. The lowest BCUT2D eigenvalue weighted by molar-refractivity contribution is 0.580. The van der Waals surface area contributed by atoms with E-state index >= 15 is 0 Å². The predicted molar refractivity (Wildman–Crippen MR) is 79.4 cm³/mol. The number of pyridine rings is 1. The van der Waals surface area contributed by atoms with E-state index in [1.807, 2.05) is 0 Å². The van der Waals surface area contributed by atoms with Crippen LogP contribution < -0.4 is 4.72 Å². The first-order valence-electron chi connectivity index (χ1n) is 6.08. The topological polar surface area (TPSA) is 87.7 Å². The molecule has 108 valence electrons. The highest BCUT2D eigenvalue weighted by atomic mass is 35.5. The van der Waals surface area contributed by atoms with Gasteiger partial charge in [-0.05, 0) is 30.3 Å². The van der Waals surface area contributed by atoms with Crippen LogP contribution >= 0.6 is 11.6 Å². The summed E-state index contributed by atoms with van der Waals surface area (Å²) in [6, 6.07) is 8.05. The van der Waals surface area contributed by atoms with Crippen LogP contribution in [0.1, 0.15) is 5.69 Å². The number of H-pyrrole nitrogens is 1. The zero-order valence-corrected chi connectivity index (χ0v) is 12.3. The van der Waals surface area contributed by atoms with Gasteiger partial charge in [-0.25, -0.2) is 23.1 Å². The van der Waals surface area contributed by atoms with Crippen molar-refractivity contribution >= 4 is 32.5 Å². The Morgan fingerprint density at radius 1 is 1.24 bits per heavy atom. The molecule has 1 aromatic carbocycles. The van der Waals surface area contributed by atoms with Crippen LogP contribution in [-0.2, 0) is 16.6 Å². The van der Waals surface area contributed by atoms with Crippen LogP contribution in [0.2, 0.25) is 5.15 Å². The molecule has 8 heteroatoms. The van der Waals surface area contributed by atoms with E-state index < -0.39 is 10.0 Å². The summed E-state index contributed by atoms with van der Waals surface area (Å²) in [5.74, 6) is 0. The summed E-state index contributed by atoms with van der Waals surface area (Å²) in [4.78, 5) is 11.0. The van der Waals surface area contributed by atoms with Crippen LogP contribution in [0.4, 0.5) is 0 Å². The smallest absolute Gasteiger partial charge is 0.240 e. The monoisotopic (exact) mass is 322 g/mol. The maximum atomic E-state index is 12.2. The molecule has 0 aliphatic heterocycles. The summed E-state index contributed by atoms with van der Waals surface area (Å²) in [6.07, 6.45) is 3.06. The molecule has 0 aliphatic rings. The fourth-order valence-corrected chi connectivity index (χ4v) is 3.08. The Morgan fingerprint density at radius 3 is 2.86 bits per heavy atom. The SMILES string of the molecule is O=S(=O)(NCc1cnc[nH]1)c1ccc2nc(Cl)ccc2c1. The molecule has 2 heterocycles. The highest BCUT2D eigenvalue weighted by Gasteiger charge is 2.14. The minimum atomic E-state index is -3.60. The maximum Gasteiger partial charge on any atom is 0.240 e. The first-order valence-corrected chi connectivity index (χ1v) is 7.94. The third-order valence-corrected chi connectivity index (χ3v) is 4.55. The third kappa shape index (κ3) is 3.05. The summed E-state index contributed by atoms with van der Waals surface area (Å²) in [7, 11) is -3.60. The number of aromatic nitrogens is 3. The van der Waals surface area contributed by atoms with E-state index in [1.54, 1.807) is 30.5 Å². The molecule has 0 radical (unpaired) electrons. The normalized spacial score (nSPS) is 11.9. The Kier molecular flexibility index (Phi) is 3.62. The number of hydrogen-bond donors (Lipinski definition) is 2. The number of sulfonamides is 1. The number of imidazole rings is 1. The third-order valence-electron chi connectivity index (χ3n) is 2.94. The number of fused-ring (bicyclic) bond motifs is 1. The molecule has 0 unspecified atom stereocenters. The molecule has 0 aliphatic carbocycles. The Hall–Kier alpha value is -1.96. The van der Waals surface area contributed by atoms with E-state index in [9.17, 15) is 8.42 Å². The molecule has 3 aromatic rings. The Bertz CT molecular complexity index is 878. The van der Waals surface area contributed by atoms with Crippen molar-refractivity contribution in [2.24, 2.45) is 0 Å². The van der Waals surface area contributed by atoms with Crippen LogP contribution in [0.15, 0.2) is 47.8 Å². The van der Waals surface area contributed by atoms with Crippen LogP contribution in [0, 0.1) is 0 Å². The molecule has 0 atom stereocenters. The van der Waals surface area contributed by atoms with E-state index in [2.05, 4.69) is 19.7 Å². The van der Waals surface area contributed by atoms with Crippen molar-refractivity contribution < 1.29 is 8.42 Å². The molecular formula is C13H11ClN4O2S. The van der Waals surface area contributed by atoms with Crippen molar-refractivity contribution in [3.05, 3.63) is 53.7 Å². The summed E-state index contributed by atoms with van der Waals surface area (Å²) >= 11 is 5.80. The fourth-order valence-electron chi connectivity index (χ4n) is 1.88. The van der Waals surface area contributed by atoms with Crippen molar-refractivity contribution in [1.82, 2.24) is 19.7 Å². The Labute approximate surface area is 126 Å². The molecular weight excluding hydrogens is 312 g/mol. The number of rotatable bonds is 4. The lowest BCUT2D eigenvalue weighted by Crippen LogP contribution is -2.23. The molecule has 21 heavy (non-hydrogen) atoms. The molecule has 2 aromatic heterocycles. The van der Waals surface area contributed by atoms with Crippen molar-refractivity contribution in [3.63, 3.8) is 0 Å². The van der Waals surface area contributed by atoms with Gasteiger partial charge in [0.25, 0.3) is 0 Å². The fraction of sp³-hybridized carbons (Fsp3) is 0.0769. The number of halogens is 1. The number of benzene rings is 1. The highest BCUT2D eigenvalue weighted by Crippen LogP contribution is 2.19. The minimum Gasteiger partial charge on any atom is -0.347 e.